The number of carbonyl (C=O) groups is 3. The highest BCUT2D eigenvalue weighted by atomic mass is 32.2. The van der Waals surface area contributed by atoms with E-state index in [0.29, 0.717) is 17.7 Å². The fourth-order valence-electron chi connectivity index (χ4n) is 3.00. The molecule has 27 heavy (non-hydrogen) atoms. The summed E-state index contributed by atoms with van der Waals surface area (Å²) >= 11 is 0. The molecule has 0 radical (unpaired) electrons. The van der Waals surface area contributed by atoms with Gasteiger partial charge in [0.2, 0.25) is 5.91 Å². The van der Waals surface area contributed by atoms with Crippen LogP contribution in [0.1, 0.15) is 29.6 Å². The second-order valence-corrected chi connectivity index (χ2v) is 8.59. The Morgan fingerprint density at radius 2 is 1.93 bits per heavy atom. The highest BCUT2D eigenvalue weighted by Gasteiger charge is 2.37. The van der Waals surface area contributed by atoms with E-state index in [9.17, 15) is 22.8 Å². The molecule has 3 rings (SSSR count). The van der Waals surface area contributed by atoms with Gasteiger partial charge in [-0.15, -0.1) is 0 Å². The molecular weight excluding hydrogens is 374 g/mol. The van der Waals surface area contributed by atoms with Crippen molar-refractivity contribution in [3.05, 3.63) is 29.8 Å². The van der Waals surface area contributed by atoms with E-state index < -0.39 is 27.8 Å². The molecular formula is C17H19N3O6S. The van der Waals surface area contributed by atoms with Crippen LogP contribution >= 0.6 is 0 Å². The SMILES string of the molecule is COC(=O)c1ccc(NC(=O)C2=NN([C@@H]3CCS(=O)(=O)C3)C(=O)CC2)cc1. The van der Waals surface area contributed by atoms with Gasteiger partial charge in [-0.1, -0.05) is 0 Å². The van der Waals surface area contributed by atoms with Crippen molar-refractivity contribution in [1.82, 2.24) is 5.01 Å². The number of rotatable bonds is 4. The lowest BCUT2D eigenvalue weighted by atomic mass is 10.1. The predicted molar refractivity (Wildman–Crippen MR) is 97.0 cm³/mol. The smallest absolute Gasteiger partial charge is 0.337 e. The molecule has 9 nitrogen and oxygen atoms in total. The Hall–Kier alpha value is -2.75. The standard InChI is InChI=1S/C17H19N3O6S/c1-26-17(23)11-2-4-12(5-3-11)18-16(22)14-6-7-15(21)20(19-14)13-8-9-27(24,25)10-13/h2-5,13H,6-10H2,1H3,(H,18,22)/t13-/m1/s1. The fraction of sp³-hybridized carbons (Fsp3) is 0.412. The average Bonchev–Trinajstić information content (AvgIpc) is 3.01. The topological polar surface area (TPSA) is 122 Å². The summed E-state index contributed by atoms with van der Waals surface area (Å²) in [5.41, 5.74) is 0.975. The number of hydrogen-bond acceptors (Lipinski definition) is 7. The van der Waals surface area contributed by atoms with Gasteiger partial charge in [-0.3, -0.25) is 9.59 Å². The van der Waals surface area contributed by atoms with Crippen LogP contribution in [0.25, 0.3) is 0 Å². The number of nitrogens with zero attached hydrogens (tertiary/aromatic N) is 2. The van der Waals surface area contributed by atoms with Crippen LogP contribution in [0.5, 0.6) is 0 Å². The third-order valence-electron chi connectivity index (χ3n) is 4.44. The normalized spacial score (nSPS) is 21.5. The monoisotopic (exact) mass is 393 g/mol. The van der Waals surface area contributed by atoms with Gasteiger partial charge >= 0.3 is 5.97 Å². The van der Waals surface area contributed by atoms with Gasteiger partial charge < -0.3 is 10.1 Å². The predicted octanol–water partition coefficient (Wildman–Crippen LogP) is 0.577. The second kappa shape index (κ2) is 7.47. The fourth-order valence-corrected chi connectivity index (χ4v) is 4.69. The molecule has 0 bridgehead atoms. The van der Waals surface area contributed by atoms with Gasteiger partial charge in [-0.25, -0.2) is 18.2 Å². The Morgan fingerprint density at radius 3 is 2.52 bits per heavy atom. The molecule has 1 N–H and O–H groups in total. The number of nitrogens with one attached hydrogen (secondary N) is 1. The molecule has 0 unspecified atom stereocenters. The van der Waals surface area contributed by atoms with Crippen LogP contribution in [0.4, 0.5) is 5.69 Å². The third kappa shape index (κ3) is 4.33. The largest absolute Gasteiger partial charge is 0.465 e. The minimum absolute atomic E-state index is 0.0189. The van der Waals surface area contributed by atoms with Gasteiger partial charge in [0, 0.05) is 18.5 Å². The van der Waals surface area contributed by atoms with Crippen LogP contribution in [-0.2, 0) is 24.2 Å². The zero-order valence-corrected chi connectivity index (χ0v) is 15.5. The van der Waals surface area contributed by atoms with E-state index in [4.69, 9.17) is 0 Å². The maximum absolute atomic E-state index is 12.4. The van der Waals surface area contributed by atoms with Crippen LogP contribution in [0, 0.1) is 0 Å². The molecule has 0 aliphatic carbocycles. The molecule has 2 amide bonds. The highest BCUT2D eigenvalue weighted by molar-refractivity contribution is 7.91. The van der Waals surface area contributed by atoms with E-state index in [1.54, 1.807) is 12.1 Å². The summed E-state index contributed by atoms with van der Waals surface area (Å²) in [5, 5.41) is 7.92. The van der Waals surface area contributed by atoms with Gasteiger partial charge in [-0.05, 0) is 30.7 Å². The van der Waals surface area contributed by atoms with Gasteiger partial charge in [0.05, 0.1) is 30.2 Å². The number of ether oxygens (including phenoxy) is 1. The van der Waals surface area contributed by atoms with Gasteiger partial charge in [-0.2, -0.15) is 5.10 Å². The molecule has 2 aliphatic heterocycles. The third-order valence-corrected chi connectivity index (χ3v) is 6.19. The zero-order valence-electron chi connectivity index (χ0n) is 14.7. The number of anilines is 1. The number of methoxy groups -OCH3 is 1. The van der Waals surface area contributed by atoms with Gasteiger partial charge in [0.15, 0.2) is 9.84 Å². The van der Waals surface area contributed by atoms with E-state index in [-0.39, 0.29) is 36.0 Å². The Bertz CT molecular complexity index is 907. The van der Waals surface area contributed by atoms with Crippen molar-refractivity contribution >= 4 is 39.0 Å². The molecule has 1 fully saturated rings. The summed E-state index contributed by atoms with van der Waals surface area (Å²) in [4.78, 5) is 36.0. The van der Waals surface area contributed by atoms with Crippen molar-refractivity contribution in [2.24, 2.45) is 5.10 Å². The number of hydrogen-bond donors (Lipinski definition) is 1. The van der Waals surface area contributed by atoms with E-state index in [0.717, 1.165) is 5.01 Å². The average molecular weight is 393 g/mol. The molecule has 144 valence electrons. The molecule has 10 heteroatoms. The van der Waals surface area contributed by atoms with Crippen molar-refractivity contribution in [3.63, 3.8) is 0 Å². The van der Waals surface area contributed by atoms with Crippen molar-refractivity contribution < 1.29 is 27.5 Å². The van der Waals surface area contributed by atoms with Crippen LogP contribution in [0.2, 0.25) is 0 Å². The molecule has 0 spiro atoms. The Labute approximate surface area is 156 Å². The summed E-state index contributed by atoms with van der Waals surface area (Å²) in [6.07, 6.45) is 0.604. The molecule has 1 saturated heterocycles. The number of hydrazone groups is 1. The quantitative estimate of drug-likeness (QED) is 0.747. The van der Waals surface area contributed by atoms with Crippen molar-refractivity contribution in [2.75, 3.05) is 23.9 Å². The zero-order chi connectivity index (χ0) is 19.6. The lowest BCUT2D eigenvalue weighted by Crippen LogP contribution is -2.42. The number of esters is 1. The summed E-state index contributed by atoms with van der Waals surface area (Å²) in [7, 11) is -1.89. The van der Waals surface area contributed by atoms with Gasteiger partial charge in [0.1, 0.15) is 5.71 Å². The lowest BCUT2D eigenvalue weighted by molar-refractivity contribution is -0.133. The lowest BCUT2D eigenvalue weighted by Gasteiger charge is -2.27. The van der Waals surface area contributed by atoms with Crippen LogP contribution in [-0.4, -0.2) is 61.6 Å². The first-order valence-electron chi connectivity index (χ1n) is 8.39. The summed E-state index contributed by atoms with van der Waals surface area (Å²) in [6.45, 7) is 0. The highest BCUT2D eigenvalue weighted by Crippen LogP contribution is 2.22. The number of carbonyl (C=O) groups excluding carboxylic acids is 3. The molecule has 0 aromatic heterocycles. The number of amides is 2. The molecule has 0 saturated carbocycles. The minimum Gasteiger partial charge on any atom is -0.465 e. The van der Waals surface area contributed by atoms with Gasteiger partial charge in [0.25, 0.3) is 5.91 Å². The van der Waals surface area contributed by atoms with E-state index in [1.165, 1.54) is 19.2 Å². The number of sulfone groups is 1. The Balaban J connectivity index is 1.71. The maximum Gasteiger partial charge on any atom is 0.337 e. The first kappa shape index (κ1) is 19.0. The first-order valence-corrected chi connectivity index (χ1v) is 10.2. The molecule has 1 aromatic rings. The summed E-state index contributed by atoms with van der Waals surface area (Å²) in [6, 6.07) is 5.62. The minimum atomic E-state index is -3.17. The molecule has 1 atom stereocenters. The van der Waals surface area contributed by atoms with E-state index in [1.807, 2.05) is 0 Å². The Morgan fingerprint density at radius 1 is 1.22 bits per heavy atom. The van der Waals surface area contributed by atoms with E-state index in [2.05, 4.69) is 15.2 Å². The van der Waals surface area contributed by atoms with Crippen LogP contribution < -0.4 is 5.32 Å². The van der Waals surface area contributed by atoms with Crippen LogP contribution in [0.15, 0.2) is 29.4 Å². The Kier molecular flexibility index (Phi) is 5.26. The van der Waals surface area contributed by atoms with Crippen molar-refractivity contribution in [1.29, 1.82) is 0 Å². The molecule has 1 aromatic carbocycles. The second-order valence-electron chi connectivity index (χ2n) is 6.36. The molecule has 2 aliphatic rings. The summed E-state index contributed by atoms with van der Waals surface area (Å²) < 4.78 is 27.9. The van der Waals surface area contributed by atoms with Crippen LogP contribution in [0.3, 0.4) is 0 Å². The molecule has 2 heterocycles. The summed E-state index contributed by atoms with van der Waals surface area (Å²) in [5.74, 6) is -1.35. The first-order chi connectivity index (χ1) is 12.8. The van der Waals surface area contributed by atoms with Crippen molar-refractivity contribution in [2.45, 2.75) is 25.3 Å². The maximum atomic E-state index is 12.4. The number of benzene rings is 1. The van der Waals surface area contributed by atoms with E-state index >= 15 is 0 Å². The van der Waals surface area contributed by atoms with Crippen molar-refractivity contribution in [3.8, 4) is 0 Å².